The molecule has 0 bridgehead atoms. The summed E-state index contributed by atoms with van der Waals surface area (Å²) in [6, 6.07) is 5.26. The average molecular weight is 236 g/mol. The van der Waals surface area contributed by atoms with Crippen molar-refractivity contribution >= 4 is 5.69 Å². The summed E-state index contributed by atoms with van der Waals surface area (Å²) in [6.45, 7) is 4.12. The number of anilines is 1. The summed E-state index contributed by atoms with van der Waals surface area (Å²) in [5.74, 6) is 0.569. The van der Waals surface area contributed by atoms with Gasteiger partial charge in [0.05, 0.1) is 0 Å². The van der Waals surface area contributed by atoms with E-state index in [0.29, 0.717) is 6.04 Å². The highest BCUT2D eigenvalue weighted by atomic mass is 19.1. The van der Waals surface area contributed by atoms with Crippen LogP contribution in [0.2, 0.25) is 0 Å². The zero-order chi connectivity index (χ0) is 12.6. The molecule has 0 radical (unpaired) electrons. The predicted octanol–water partition coefficient (Wildman–Crippen LogP) is 3.08. The molecule has 1 fully saturated rings. The summed E-state index contributed by atoms with van der Waals surface area (Å²) in [4.78, 5) is 2.23. The van der Waals surface area contributed by atoms with E-state index in [1.165, 1.54) is 18.9 Å². The molecule has 1 aliphatic rings. The van der Waals surface area contributed by atoms with Crippen LogP contribution in [0.3, 0.4) is 0 Å². The lowest BCUT2D eigenvalue weighted by molar-refractivity contribution is 0.598. The fourth-order valence-electron chi connectivity index (χ4n) is 2.33. The molecule has 1 saturated carbocycles. The second-order valence-corrected chi connectivity index (χ2v) is 5.18. The van der Waals surface area contributed by atoms with E-state index in [4.69, 9.17) is 5.73 Å². The highest BCUT2D eigenvalue weighted by Gasteiger charge is 2.31. The molecule has 0 aliphatic heterocycles. The standard InChI is InChI=1S/C14H21FN2/c1-9(16)13-8-12(15)6-7-14(13)17(3)10(2)11-4-5-11/h6-11H,4-5,16H2,1-3H3/t9-,10?/m1/s1. The second-order valence-electron chi connectivity index (χ2n) is 5.18. The van der Waals surface area contributed by atoms with Crippen molar-refractivity contribution in [1.29, 1.82) is 0 Å². The Morgan fingerprint density at radius 2 is 2.00 bits per heavy atom. The summed E-state index contributed by atoms with van der Waals surface area (Å²) in [5.41, 5.74) is 7.86. The lowest BCUT2D eigenvalue weighted by Crippen LogP contribution is -2.32. The van der Waals surface area contributed by atoms with Crippen molar-refractivity contribution in [3.8, 4) is 0 Å². The molecule has 1 aliphatic carbocycles. The third-order valence-corrected chi connectivity index (χ3v) is 3.78. The first kappa shape index (κ1) is 12.4. The third kappa shape index (κ3) is 2.60. The fraction of sp³-hybridized carbons (Fsp3) is 0.571. The smallest absolute Gasteiger partial charge is 0.123 e. The van der Waals surface area contributed by atoms with Crippen LogP contribution in [0.1, 0.15) is 38.3 Å². The Kier molecular flexibility index (Phi) is 3.38. The summed E-state index contributed by atoms with van der Waals surface area (Å²) < 4.78 is 13.3. The molecule has 1 aromatic carbocycles. The summed E-state index contributed by atoms with van der Waals surface area (Å²) in [6.07, 6.45) is 2.61. The van der Waals surface area contributed by atoms with Crippen LogP contribution < -0.4 is 10.6 Å². The molecule has 3 heteroatoms. The Hall–Kier alpha value is -1.09. The maximum absolute atomic E-state index is 13.3. The predicted molar refractivity (Wildman–Crippen MR) is 69.6 cm³/mol. The van der Waals surface area contributed by atoms with Crippen molar-refractivity contribution in [1.82, 2.24) is 0 Å². The normalized spacial score (nSPS) is 18.9. The van der Waals surface area contributed by atoms with Gasteiger partial charge in [0, 0.05) is 24.8 Å². The minimum atomic E-state index is -0.214. The molecule has 0 spiro atoms. The van der Waals surface area contributed by atoms with Crippen LogP contribution in [-0.4, -0.2) is 13.1 Å². The van der Waals surface area contributed by atoms with E-state index < -0.39 is 0 Å². The van der Waals surface area contributed by atoms with E-state index >= 15 is 0 Å². The van der Waals surface area contributed by atoms with E-state index in [1.807, 2.05) is 13.0 Å². The summed E-state index contributed by atoms with van der Waals surface area (Å²) in [7, 11) is 2.07. The Morgan fingerprint density at radius 1 is 1.35 bits per heavy atom. The van der Waals surface area contributed by atoms with E-state index in [9.17, 15) is 4.39 Å². The van der Waals surface area contributed by atoms with Crippen molar-refractivity contribution in [2.75, 3.05) is 11.9 Å². The number of nitrogens with zero attached hydrogens (tertiary/aromatic N) is 1. The zero-order valence-electron chi connectivity index (χ0n) is 10.8. The second kappa shape index (κ2) is 4.65. The average Bonchev–Trinajstić information content (AvgIpc) is 3.10. The van der Waals surface area contributed by atoms with Crippen LogP contribution >= 0.6 is 0 Å². The van der Waals surface area contributed by atoms with Crippen molar-refractivity contribution < 1.29 is 4.39 Å². The molecule has 2 rings (SSSR count). The van der Waals surface area contributed by atoms with Crippen LogP contribution in [0.5, 0.6) is 0 Å². The Morgan fingerprint density at radius 3 is 2.53 bits per heavy atom. The molecule has 2 N–H and O–H groups in total. The molecule has 0 aromatic heterocycles. The number of halogens is 1. The minimum absolute atomic E-state index is 0.144. The third-order valence-electron chi connectivity index (χ3n) is 3.78. The maximum atomic E-state index is 13.3. The van der Waals surface area contributed by atoms with Crippen LogP contribution in [-0.2, 0) is 0 Å². The SMILES string of the molecule is CC(C1CC1)N(C)c1ccc(F)cc1[C@@H](C)N. The number of hydrogen-bond donors (Lipinski definition) is 1. The van der Waals surface area contributed by atoms with Crippen LogP contribution in [0, 0.1) is 11.7 Å². The first-order valence-electron chi connectivity index (χ1n) is 6.28. The Bertz CT molecular complexity index is 399. The van der Waals surface area contributed by atoms with Crippen LogP contribution in [0.4, 0.5) is 10.1 Å². The van der Waals surface area contributed by atoms with E-state index in [-0.39, 0.29) is 11.9 Å². The van der Waals surface area contributed by atoms with Crippen molar-refractivity contribution in [2.45, 2.75) is 38.8 Å². The van der Waals surface area contributed by atoms with Gasteiger partial charge in [-0.05, 0) is 56.4 Å². The first-order valence-corrected chi connectivity index (χ1v) is 6.28. The van der Waals surface area contributed by atoms with Gasteiger partial charge >= 0.3 is 0 Å². The van der Waals surface area contributed by atoms with Gasteiger partial charge < -0.3 is 10.6 Å². The Labute approximate surface area is 103 Å². The van der Waals surface area contributed by atoms with Gasteiger partial charge in [-0.1, -0.05) is 0 Å². The maximum Gasteiger partial charge on any atom is 0.123 e. The molecule has 1 aromatic rings. The number of nitrogens with two attached hydrogens (primary N) is 1. The van der Waals surface area contributed by atoms with Gasteiger partial charge in [0.25, 0.3) is 0 Å². The van der Waals surface area contributed by atoms with Gasteiger partial charge in [0.2, 0.25) is 0 Å². The van der Waals surface area contributed by atoms with E-state index in [0.717, 1.165) is 17.2 Å². The first-order chi connectivity index (χ1) is 8.00. The fourth-order valence-corrected chi connectivity index (χ4v) is 2.33. The molecule has 0 heterocycles. The molecule has 0 amide bonds. The lowest BCUT2D eigenvalue weighted by Gasteiger charge is -2.30. The van der Waals surface area contributed by atoms with E-state index in [2.05, 4.69) is 18.9 Å². The minimum Gasteiger partial charge on any atom is -0.371 e. The number of benzene rings is 1. The molecular weight excluding hydrogens is 215 g/mol. The van der Waals surface area contributed by atoms with Crippen molar-refractivity contribution in [3.05, 3.63) is 29.6 Å². The highest BCUT2D eigenvalue weighted by molar-refractivity contribution is 5.55. The van der Waals surface area contributed by atoms with Gasteiger partial charge in [-0.15, -0.1) is 0 Å². The largest absolute Gasteiger partial charge is 0.371 e. The molecule has 2 atom stereocenters. The molecule has 94 valence electrons. The van der Waals surface area contributed by atoms with Crippen LogP contribution in [0.25, 0.3) is 0 Å². The van der Waals surface area contributed by atoms with E-state index in [1.54, 1.807) is 6.07 Å². The topological polar surface area (TPSA) is 29.3 Å². The van der Waals surface area contributed by atoms with Crippen molar-refractivity contribution in [2.24, 2.45) is 11.7 Å². The van der Waals surface area contributed by atoms with Gasteiger partial charge in [-0.25, -0.2) is 4.39 Å². The quantitative estimate of drug-likeness (QED) is 0.870. The lowest BCUT2D eigenvalue weighted by atomic mass is 10.0. The monoisotopic (exact) mass is 236 g/mol. The summed E-state index contributed by atoms with van der Waals surface area (Å²) in [5, 5.41) is 0. The number of hydrogen-bond acceptors (Lipinski definition) is 2. The van der Waals surface area contributed by atoms with Crippen LogP contribution in [0.15, 0.2) is 18.2 Å². The highest BCUT2D eigenvalue weighted by Crippen LogP contribution is 2.37. The van der Waals surface area contributed by atoms with Gasteiger partial charge in [0.15, 0.2) is 0 Å². The number of rotatable bonds is 4. The van der Waals surface area contributed by atoms with Crippen molar-refractivity contribution in [3.63, 3.8) is 0 Å². The molecule has 2 nitrogen and oxygen atoms in total. The molecular formula is C14H21FN2. The van der Waals surface area contributed by atoms with Gasteiger partial charge in [-0.2, -0.15) is 0 Å². The molecule has 17 heavy (non-hydrogen) atoms. The summed E-state index contributed by atoms with van der Waals surface area (Å²) >= 11 is 0. The Balaban J connectivity index is 2.29. The zero-order valence-corrected chi connectivity index (χ0v) is 10.8. The van der Waals surface area contributed by atoms with Gasteiger partial charge in [-0.3, -0.25) is 0 Å². The van der Waals surface area contributed by atoms with Gasteiger partial charge in [0.1, 0.15) is 5.82 Å². The molecule has 0 saturated heterocycles. The molecule has 1 unspecified atom stereocenters.